The van der Waals surface area contributed by atoms with Gasteiger partial charge in [0.15, 0.2) is 0 Å². The van der Waals surface area contributed by atoms with Gasteiger partial charge in [0.1, 0.15) is 16.7 Å². The molecule has 2 unspecified atom stereocenters. The van der Waals surface area contributed by atoms with Crippen molar-refractivity contribution < 1.29 is 22.7 Å². The number of likely N-dealkylation sites (tertiary alicyclic amines) is 1. The lowest BCUT2D eigenvalue weighted by atomic mass is 9.78. The Labute approximate surface area is 184 Å². The van der Waals surface area contributed by atoms with Crippen molar-refractivity contribution in [2.45, 2.75) is 43.2 Å². The van der Waals surface area contributed by atoms with E-state index in [1.807, 2.05) is 11.8 Å². The Bertz CT molecular complexity index is 901. The molecule has 4 rings (SSSR count). The molecule has 10 heteroatoms. The molecule has 31 heavy (non-hydrogen) atoms. The van der Waals surface area contributed by atoms with Crippen molar-refractivity contribution in [2.75, 3.05) is 46.5 Å². The fourth-order valence-electron chi connectivity index (χ4n) is 4.65. The van der Waals surface area contributed by atoms with Crippen molar-refractivity contribution in [3.63, 3.8) is 0 Å². The van der Waals surface area contributed by atoms with Crippen LogP contribution in [0.3, 0.4) is 0 Å². The molecule has 1 aromatic carbocycles. The van der Waals surface area contributed by atoms with Crippen LogP contribution in [-0.2, 0) is 19.6 Å². The van der Waals surface area contributed by atoms with Crippen LogP contribution in [-0.4, -0.2) is 82.1 Å². The molecule has 172 valence electrons. The van der Waals surface area contributed by atoms with Gasteiger partial charge in [0.2, 0.25) is 15.9 Å². The lowest BCUT2D eigenvalue weighted by Gasteiger charge is -2.45. The van der Waals surface area contributed by atoms with Crippen molar-refractivity contribution >= 4 is 15.9 Å². The zero-order valence-corrected chi connectivity index (χ0v) is 19.0. The normalized spacial score (nSPS) is 27.9. The quantitative estimate of drug-likeness (QED) is 0.689. The summed E-state index contributed by atoms with van der Waals surface area (Å²) in [5, 5.41) is 0. The van der Waals surface area contributed by atoms with Crippen LogP contribution in [0, 0.1) is 5.41 Å². The van der Waals surface area contributed by atoms with Crippen molar-refractivity contribution in [3.8, 4) is 5.75 Å². The van der Waals surface area contributed by atoms with Crippen molar-refractivity contribution in [1.82, 2.24) is 20.1 Å². The molecule has 0 radical (unpaired) electrons. The van der Waals surface area contributed by atoms with Gasteiger partial charge in [-0.1, -0.05) is 12.1 Å². The highest BCUT2D eigenvalue weighted by molar-refractivity contribution is 7.89. The Balaban J connectivity index is 1.53. The van der Waals surface area contributed by atoms with Crippen molar-refractivity contribution in [1.29, 1.82) is 0 Å². The number of hydrogen-bond acceptors (Lipinski definition) is 7. The van der Waals surface area contributed by atoms with E-state index < -0.39 is 10.0 Å². The van der Waals surface area contributed by atoms with E-state index in [4.69, 9.17) is 9.47 Å². The Morgan fingerprint density at radius 3 is 2.68 bits per heavy atom. The first kappa shape index (κ1) is 22.5. The molecule has 1 amide bonds. The second-order valence-corrected chi connectivity index (χ2v) is 10.8. The number of ether oxygens (including phenoxy) is 2. The number of methoxy groups -OCH3 is 1. The number of piperidine rings is 1. The van der Waals surface area contributed by atoms with Gasteiger partial charge in [0.25, 0.3) is 0 Å². The van der Waals surface area contributed by atoms with Crippen LogP contribution in [0.5, 0.6) is 5.75 Å². The fourth-order valence-corrected chi connectivity index (χ4v) is 6.32. The van der Waals surface area contributed by atoms with Gasteiger partial charge in [0, 0.05) is 44.7 Å². The molecule has 0 aromatic heterocycles. The van der Waals surface area contributed by atoms with Gasteiger partial charge in [-0.3, -0.25) is 10.2 Å². The highest BCUT2D eigenvalue weighted by Crippen LogP contribution is 2.39. The molecule has 2 N–H and O–H groups in total. The van der Waals surface area contributed by atoms with E-state index in [1.165, 1.54) is 4.31 Å². The number of nitrogens with one attached hydrogen (secondary N) is 2. The minimum Gasteiger partial charge on any atom is -0.492 e. The fraction of sp³-hybridized carbons (Fsp3) is 0.667. The number of amides is 1. The zero-order valence-electron chi connectivity index (χ0n) is 18.2. The van der Waals surface area contributed by atoms with E-state index in [0.717, 1.165) is 6.42 Å². The summed E-state index contributed by atoms with van der Waals surface area (Å²) >= 11 is 0. The first-order chi connectivity index (χ1) is 14.8. The molecule has 1 spiro atoms. The smallest absolute Gasteiger partial charge is 0.246 e. The molecular formula is C21H32N4O5S. The lowest BCUT2D eigenvalue weighted by Crippen LogP contribution is -2.55. The van der Waals surface area contributed by atoms with Crippen LogP contribution in [0.15, 0.2) is 29.2 Å². The lowest BCUT2D eigenvalue weighted by molar-refractivity contribution is -0.136. The number of sulfonamides is 1. The molecule has 0 aliphatic carbocycles. The Morgan fingerprint density at radius 1 is 1.26 bits per heavy atom. The maximum Gasteiger partial charge on any atom is 0.246 e. The molecular weight excluding hydrogens is 420 g/mol. The predicted octanol–water partition coefficient (Wildman–Crippen LogP) is 0.580. The second kappa shape index (κ2) is 9.03. The van der Waals surface area contributed by atoms with E-state index in [1.54, 1.807) is 31.4 Å². The average Bonchev–Trinajstić information content (AvgIpc) is 3.21. The van der Waals surface area contributed by atoms with Crippen LogP contribution in [0.4, 0.5) is 0 Å². The van der Waals surface area contributed by atoms with E-state index in [9.17, 15) is 13.2 Å². The maximum atomic E-state index is 13.4. The zero-order chi connectivity index (χ0) is 22.1. The maximum absolute atomic E-state index is 13.4. The van der Waals surface area contributed by atoms with Crippen molar-refractivity contribution in [3.05, 3.63) is 24.3 Å². The van der Waals surface area contributed by atoms with Gasteiger partial charge < -0.3 is 14.4 Å². The molecule has 3 aliphatic rings. The number of nitrogens with zero attached hydrogens (tertiary/aromatic N) is 2. The standard InChI is InChI=1S/C21H32N4O5S/c1-16-13-17(23-22-16)20(26)24-9-7-21(8-10-24)14-25(11-12-29-2)31(27,28)19-6-4-3-5-18(19)30-15-21/h3-6,16-17,22-23H,7-15H2,1-2H3. The molecule has 0 saturated carbocycles. The van der Waals surface area contributed by atoms with Crippen molar-refractivity contribution in [2.24, 2.45) is 5.41 Å². The summed E-state index contributed by atoms with van der Waals surface area (Å²) in [4.78, 5) is 15.0. The summed E-state index contributed by atoms with van der Waals surface area (Å²) in [6.07, 6.45) is 2.15. The summed E-state index contributed by atoms with van der Waals surface area (Å²) in [6.45, 7) is 4.61. The summed E-state index contributed by atoms with van der Waals surface area (Å²) in [5.41, 5.74) is 5.83. The molecule has 2 fully saturated rings. The number of hydrogen-bond donors (Lipinski definition) is 2. The first-order valence-electron chi connectivity index (χ1n) is 10.9. The first-order valence-corrected chi connectivity index (χ1v) is 12.3. The highest BCUT2D eigenvalue weighted by atomic mass is 32.2. The SMILES string of the molecule is COCCN1CC2(CCN(C(=O)C3CC(C)NN3)CC2)COc2ccccc2S1(=O)=O. The predicted molar refractivity (Wildman–Crippen MR) is 115 cm³/mol. The molecule has 2 saturated heterocycles. The minimum atomic E-state index is -3.71. The summed E-state index contributed by atoms with van der Waals surface area (Å²) < 4.78 is 39.6. The molecule has 3 aliphatic heterocycles. The topological polar surface area (TPSA) is 100 Å². The number of hydrazine groups is 1. The number of carbonyl (C=O) groups is 1. The van der Waals surface area contributed by atoms with Gasteiger partial charge >= 0.3 is 0 Å². The number of benzene rings is 1. The Kier molecular flexibility index (Phi) is 6.55. The second-order valence-electron chi connectivity index (χ2n) is 8.87. The van der Waals surface area contributed by atoms with E-state index in [0.29, 0.717) is 51.4 Å². The molecule has 3 heterocycles. The molecule has 9 nitrogen and oxygen atoms in total. The summed E-state index contributed by atoms with van der Waals surface area (Å²) in [5.74, 6) is 0.491. The average molecular weight is 453 g/mol. The van der Waals surface area contributed by atoms with E-state index in [-0.39, 0.29) is 34.8 Å². The largest absolute Gasteiger partial charge is 0.492 e. The van der Waals surface area contributed by atoms with E-state index in [2.05, 4.69) is 10.9 Å². The summed E-state index contributed by atoms with van der Waals surface area (Å²) in [7, 11) is -2.14. The third-order valence-electron chi connectivity index (χ3n) is 6.58. The Hall–Kier alpha value is -1.72. The number of carbonyl (C=O) groups excluding carboxylic acids is 1. The van der Waals surface area contributed by atoms with E-state index >= 15 is 0 Å². The highest BCUT2D eigenvalue weighted by Gasteiger charge is 2.44. The number of rotatable bonds is 4. The molecule has 1 aromatic rings. The molecule has 0 bridgehead atoms. The van der Waals surface area contributed by atoms with Crippen LogP contribution in [0.1, 0.15) is 26.2 Å². The Morgan fingerprint density at radius 2 is 2.00 bits per heavy atom. The third-order valence-corrected chi connectivity index (χ3v) is 8.47. The van der Waals surface area contributed by atoms with Crippen LogP contribution >= 0.6 is 0 Å². The van der Waals surface area contributed by atoms with Gasteiger partial charge in [-0.25, -0.2) is 13.8 Å². The summed E-state index contributed by atoms with van der Waals surface area (Å²) in [6, 6.07) is 6.86. The van der Waals surface area contributed by atoms with Gasteiger partial charge in [-0.05, 0) is 38.3 Å². The van der Waals surface area contributed by atoms with Crippen LogP contribution < -0.4 is 15.6 Å². The third kappa shape index (κ3) is 4.58. The van der Waals surface area contributed by atoms with Gasteiger partial charge in [-0.15, -0.1) is 0 Å². The monoisotopic (exact) mass is 452 g/mol. The number of fused-ring (bicyclic) bond motifs is 1. The number of para-hydroxylation sites is 1. The molecule has 2 atom stereocenters. The van der Waals surface area contributed by atoms with Crippen LogP contribution in [0.2, 0.25) is 0 Å². The minimum absolute atomic E-state index is 0.104. The van der Waals surface area contributed by atoms with Crippen LogP contribution in [0.25, 0.3) is 0 Å². The van der Waals surface area contributed by atoms with Gasteiger partial charge in [-0.2, -0.15) is 4.31 Å². The van der Waals surface area contributed by atoms with Gasteiger partial charge in [0.05, 0.1) is 13.2 Å².